The molecule has 0 aliphatic carbocycles. The van der Waals surface area contributed by atoms with Crippen LogP contribution < -0.4 is 0 Å². The maximum absolute atomic E-state index is 5.01. The Morgan fingerprint density at radius 3 is 1.45 bits per heavy atom. The normalized spacial score (nSPS) is 11.6. The number of hydrogen-bond acceptors (Lipinski definition) is 5. The third kappa shape index (κ3) is 3.73. The molecule has 7 nitrogen and oxygen atoms in total. The zero-order chi connectivity index (χ0) is 29.0. The number of para-hydroxylation sites is 3. The highest BCUT2D eigenvalue weighted by Gasteiger charge is 2.21. The minimum atomic E-state index is 0.490. The number of fused-ring (bicyclic) bond motifs is 6. The van der Waals surface area contributed by atoms with Gasteiger partial charge in [0, 0.05) is 39.6 Å². The molecule has 0 spiro atoms. The van der Waals surface area contributed by atoms with E-state index in [1.807, 2.05) is 36.4 Å². The van der Waals surface area contributed by atoms with E-state index in [0.29, 0.717) is 29.0 Å². The maximum atomic E-state index is 5.01. The molecule has 0 saturated heterocycles. The lowest BCUT2D eigenvalue weighted by Gasteiger charge is -2.10. The molecule has 0 fully saturated rings. The molecule has 0 aliphatic heterocycles. The third-order valence-corrected chi connectivity index (χ3v) is 8.09. The first-order valence-corrected chi connectivity index (χ1v) is 14.4. The molecule has 0 amide bonds. The van der Waals surface area contributed by atoms with E-state index >= 15 is 0 Å². The van der Waals surface area contributed by atoms with Gasteiger partial charge in [0.25, 0.3) is 0 Å². The SMILES string of the molecule is c1ccc(-n2c3ccccc3c3cc4c(cc32)c2ccccc2n4-c2nc(-c3ccccn3)nc(-c3ccccn3)n2)cc1. The van der Waals surface area contributed by atoms with Gasteiger partial charge in [-0.25, -0.2) is 4.98 Å². The zero-order valence-corrected chi connectivity index (χ0v) is 23.4. The second kappa shape index (κ2) is 9.68. The number of rotatable bonds is 4. The van der Waals surface area contributed by atoms with Crippen LogP contribution in [0, 0.1) is 0 Å². The summed E-state index contributed by atoms with van der Waals surface area (Å²) in [7, 11) is 0. The average molecular weight is 566 g/mol. The van der Waals surface area contributed by atoms with Gasteiger partial charge in [-0.1, -0.05) is 66.7 Å². The number of benzene rings is 4. The first kappa shape index (κ1) is 24.4. The Balaban J connectivity index is 1.40. The molecule has 0 atom stereocenters. The first-order chi connectivity index (χ1) is 21.8. The minimum Gasteiger partial charge on any atom is -0.309 e. The van der Waals surface area contributed by atoms with E-state index in [2.05, 4.69) is 110 Å². The molecule has 0 saturated carbocycles. The number of pyridine rings is 2. The second-order valence-corrected chi connectivity index (χ2v) is 10.6. The van der Waals surface area contributed by atoms with Crippen LogP contribution >= 0.6 is 0 Å². The molecule has 0 unspecified atom stereocenters. The molecule has 4 aromatic carbocycles. The van der Waals surface area contributed by atoms with Gasteiger partial charge in [-0.2, -0.15) is 9.97 Å². The van der Waals surface area contributed by atoms with Crippen molar-refractivity contribution in [1.29, 1.82) is 0 Å². The summed E-state index contributed by atoms with van der Waals surface area (Å²) >= 11 is 0. The van der Waals surface area contributed by atoms with Gasteiger partial charge in [0.05, 0.1) is 22.1 Å². The van der Waals surface area contributed by atoms with E-state index in [1.54, 1.807) is 12.4 Å². The van der Waals surface area contributed by atoms with Gasteiger partial charge in [0.15, 0.2) is 11.6 Å². The van der Waals surface area contributed by atoms with Crippen LogP contribution in [0.25, 0.3) is 78.3 Å². The Bertz CT molecular complexity index is 2420. The highest BCUT2D eigenvalue weighted by Crippen LogP contribution is 2.39. The molecule has 206 valence electrons. The van der Waals surface area contributed by atoms with Crippen LogP contribution in [0.3, 0.4) is 0 Å². The van der Waals surface area contributed by atoms with Crippen LogP contribution in [-0.2, 0) is 0 Å². The first-order valence-electron chi connectivity index (χ1n) is 14.4. The average Bonchev–Trinajstić information content (AvgIpc) is 3.60. The lowest BCUT2D eigenvalue weighted by atomic mass is 10.1. The Morgan fingerprint density at radius 1 is 0.386 bits per heavy atom. The van der Waals surface area contributed by atoms with Gasteiger partial charge in [0.1, 0.15) is 11.4 Å². The van der Waals surface area contributed by atoms with E-state index in [9.17, 15) is 0 Å². The van der Waals surface area contributed by atoms with Crippen molar-refractivity contribution >= 4 is 43.6 Å². The second-order valence-electron chi connectivity index (χ2n) is 10.6. The Labute approximate surface area is 251 Å². The van der Waals surface area contributed by atoms with E-state index < -0.39 is 0 Å². The van der Waals surface area contributed by atoms with Crippen LogP contribution in [0.4, 0.5) is 0 Å². The molecular weight excluding hydrogens is 542 g/mol. The van der Waals surface area contributed by atoms with E-state index in [4.69, 9.17) is 15.0 Å². The lowest BCUT2D eigenvalue weighted by Crippen LogP contribution is -2.07. The predicted molar refractivity (Wildman–Crippen MR) is 175 cm³/mol. The number of hydrogen-bond donors (Lipinski definition) is 0. The van der Waals surface area contributed by atoms with Crippen molar-refractivity contribution < 1.29 is 0 Å². The van der Waals surface area contributed by atoms with Crippen molar-refractivity contribution in [2.24, 2.45) is 0 Å². The fourth-order valence-electron chi connectivity index (χ4n) is 6.19. The van der Waals surface area contributed by atoms with Gasteiger partial charge in [0.2, 0.25) is 5.95 Å². The van der Waals surface area contributed by atoms with Crippen molar-refractivity contribution in [3.8, 4) is 34.7 Å². The highest BCUT2D eigenvalue weighted by atomic mass is 15.2. The molecule has 9 aromatic rings. The van der Waals surface area contributed by atoms with Crippen LogP contribution in [0.5, 0.6) is 0 Å². The van der Waals surface area contributed by atoms with Crippen LogP contribution in [0.1, 0.15) is 0 Å². The molecule has 0 bridgehead atoms. The summed E-state index contributed by atoms with van der Waals surface area (Å²) in [5, 5.41) is 4.58. The van der Waals surface area contributed by atoms with E-state index in [0.717, 1.165) is 43.9 Å². The Kier molecular flexibility index (Phi) is 5.36. The van der Waals surface area contributed by atoms with Crippen LogP contribution in [0.2, 0.25) is 0 Å². The van der Waals surface area contributed by atoms with Crippen molar-refractivity contribution in [1.82, 2.24) is 34.1 Å². The number of aromatic nitrogens is 7. The summed E-state index contributed by atoms with van der Waals surface area (Å²) in [6.07, 6.45) is 3.50. The summed E-state index contributed by atoms with van der Waals surface area (Å²) in [6, 6.07) is 43.6. The highest BCUT2D eigenvalue weighted by molar-refractivity contribution is 6.18. The van der Waals surface area contributed by atoms with Gasteiger partial charge in [-0.3, -0.25) is 14.5 Å². The summed E-state index contributed by atoms with van der Waals surface area (Å²) in [5.74, 6) is 1.49. The van der Waals surface area contributed by atoms with E-state index in [-0.39, 0.29) is 0 Å². The molecule has 5 heterocycles. The third-order valence-electron chi connectivity index (χ3n) is 8.09. The van der Waals surface area contributed by atoms with E-state index in [1.165, 1.54) is 5.39 Å². The van der Waals surface area contributed by atoms with Gasteiger partial charge in [-0.05, 0) is 60.7 Å². The zero-order valence-electron chi connectivity index (χ0n) is 23.4. The molecular formula is C37H23N7. The monoisotopic (exact) mass is 565 g/mol. The van der Waals surface area contributed by atoms with Crippen molar-refractivity contribution in [2.45, 2.75) is 0 Å². The molecule has 44 heavy (non-hydrogen) atoms. The quantitative estimate of drug-likeness (QED) is 0.215. The Morgan fingerprint density at radius 2 is 0.886 bits per heavy atom. The summed E-state index contributed by atoms with van der Waals surface area (Å²) in [6.45, 7) is 0. The fraction of sp³-hybridized carbons (Fsp3) is 0. The van der Waals surface area contributed by atoms with Crippen LogP contribution in [-0.4, -0.2) is 34.1 Å². The topological polar surface area (TPSA) is 74.3 Å². The van der Waals surface area contributed by atoms with Crippen molar-refractivity contribution in [3.63, 3.8) is 0 Å². The molecule has 5 aromatic heterocycles. The molecule has 7 heteroatoms. The largest absolute Gasteiger partial charge is 0.309 e. The fourth-order valence-corrected chi connectivity index (χ4v) is 6.19. The summed E-state index contributed by atoms with van der Waals surface area (Å²) in [5.41, 5.74) is 6.79. The number of nitrogens with zero attached hydrogens (tertiary/aromatic N) is 7. The van der Waals surface area contributed by atoms with Crippen molar-refractivity contribution in [2.75, 3.05) is 0 Å². The van der Waals surface area contributed by atoms with Gasteiger partial charge >= 0.3 is 0 Å². The van der Waals surface area contributed by atoms with Gasteiger partial charge in [-0.15, -0.1) is 0 Å². The maximum Gasteiger partial charge on any atom is 0.238 e. The predicted octanol–water partition coefficient (Wildman–Crippen LogP) is 8.19. The molecule has 0 N–H and O–H groups in total. The van der Waals surface area contributed by atoms with Gasteiger partial charge < -0.3 is 4.57 Å². The lowest BCUT2D eigenvalue weighted by molar-refractivity contribution is 0.943. The smallest absolute Gasteiger partial charge is 0.238 e. The minimum absolute atomic E-state index is 0.490. The summed E-state index contributed by atoms with van der Waals surface area (Å²) in [4.78, 5) is 23.9. The standard InChI is InChI=1S/C37H23N7/c1-2-12-24(13-3-1)43-31-18-6-4-14-25(31)27-23-34-28(22-33(27)43)26-15-5-7-19-32(26)44(34)37-41-35(29-16-8-10-20-38-29)40-36(42-37)30-17-9-11-21-39-30/h1-23H. The van der Waals surface area contributed by atoms with Crippen molar-refractivity contribution in [3.05, 3.63) is 140 Å². The summed E-state index contributed by atoms with van der Waals surface area (Å²) < 4.78 is 4.48. The van der Waals surface area contributed by atoms with Crippen LogP contribution in [0.15, 0.2) is 140 Å². The molecule has 0 radical (unpaired) electrons. The Hall–Kier alpha value is -6.21. The molecule has 9 rings (SSSR count). The molecule has 0 aliphatic rings.